The molecule has 0 spiro atoms. The molecule has 36 heavy (non-hydrogen) atoms. The van der Waals surface area contributed by atoms with Crippen molar-refractivity contribution in [2.75, 3.05) is 24.8 Å². The van der Waals surface area contributed by atoms with Crippen molar-refractivity contribution < 1.29 is 26.8 Å². The molecule has 1 saturated heterocycles. The van der Waals surface area contributed by atoms with Crippen molar-refractivity contribution in [3.63, 3.8) is 0 Å². The Labute approximate surface area is 206 Å². The molecule has 1 unspecified atom stereocenters. The third-order valence-electron chi connectivity index (χ3n) is 6.38. The van der Waals surface area contributed by atoms with Gasteiger partial charge in [0.2, 0.25) is 5.91 Å². The SMILES string of the molecule is COc1ccc2c(c1)oc(=O)n2C1CCCN(c2ccc(-c3ccccc3S(C)(=O)=O)cc2F)C1=O. The average molecular weight is 511 g/mol. The lowest BCUT2D eigenvalue weighted by molar-refractivity contribution is -0.123. The first-order valence-electron chi connectivity index (χ1n) is 11.3. The largest absolute Gasteiger partial charge is 0.497 e. The lowest BCUT2D eigenvalue weighted by atomic mass is 10.0. The maximum Gasteiger partial charge on any atom is 0.420 e. The highest BCUT2D eigenvalue weighted by Crippen LogP contribution is 2.34. The highest BCUT2D eigenvalue weighted by Gasteiger charge is 2.35. The molecule has 0 saturated carbocycles. The third kappa shape index (κ3) is 4.07. The molecular weight excluding hydrogens is 487 g/mol. The number of hydrogen-bond acceptors (Lipinski definition) is 6. The number of halogens is 1. The van der Waals surface area contributed by atoms with Crippen LogP contribution in [0.15, 0.2) is 74.8 Å². The van der Waals surface area contributed by atoms with Gasteiger partial charge in [-0.25, -0.2) is 17.6 Å². The zero-order chi connectivity index (χ0) is 25.6. The van der Waals surface area contributed by atoms with E-state index in [0.717, 1.165) is 6.26 Å². The fourth-order valence-corrected chi connectivity index (χ4v) is 5.61. The number of piperidine rings is 1. The number of aromatic nitrogens is 1. The van der Waals surface area contributed by atoms with Gasteiger partial charge in [-0.15, -0.1) is 0 Å². The van der Waals surface area contributed by atoms with E-state index in [2.05, 4.69) is 0 Å². The smallest absolute Gasteiger partial charge is 0.420 e. The summed E-state index contributed by atoms with van der Waals surface area (Å²) in [6.07, 6.45) is 2.04. The van der Waals surface area contributed by atoms with E-state index < -0.39 is 33.4 Å². The minimum atomic E-state index is -3.53. The molecule has 1 aliphatic heterocycles. The molecule has 10 heteroatoms. The molecule has 0 aliphatic carbocycles. The summed E-state index contributed by atoms with van der Waals surface area (Å²) in [4.78, 5) is 27.6. The monoisotopic (exact) mass is 510 g/mol. The maximum absolute atomic E-state index is 15.4. The summed E-state index contributed by atoms with van der Waals surface area (Å²) in [6, 6.07) is 14.7. The molecule has 186 valence electrons. The Hall–Kier alpha value is -3.92. The van der Waals surface area contributed by atoms with E-state index >= 15 is 4.39 Å². The standard InChI is InChI=1S/C26H23FN2O6S/c1-34-17-10-12-21-23(15-17)35-26(31)29(21)22-7-5-13-28(25(22)30)20-11-9-16(14-19(20)27)18-6-3-4-8-24(18)36(2,32)33/h3-4,6,8-12,14-15,22H,5,7,13H2,1-2H3. The van der Waals surface area contributed by atoms with E-state index in [9.17, 15) is 18.0 Å². The van der Waals surface area contributed by atoms with Crippen LogP contribution in [-0.2, 0) is 14.6 Å². The van der Waals surface area contributed by atoms with Gasteiger partial charge >= 0.3 is 5.76 Å². The van der Waals surface area contributed by atoms with Crippen molar-refractivity contribution in [2.24, 2.45) is 0 Å². The van der Waals surface area contributed by atoms with E-state index in [-0.39, 0.29) is 17.1 Å². The van der Waals surface area contributed by atoms with Crippen LogP contribution in [0.5, 0.6) is 5.75 Å². The van der Waals surface area contributed by atoms with Crippen LogP contribution in [0.25, 0.3) is 22.2 Å². The van der Waals surface area contributed by atoms with E-state index in [1.807, 2.05) is 0 Å². The first-order chi connectivity index (χ1) is 17.2. The van der Waals surface area contributed by atoms with Crippen molar-refractivity contribution in [3.05, 3.63) is 77.0 Å². The van der Waals surface area contributed by atoms with Crippen LogP contribution in [0.1, 0.15) is 18.9 Å². The summed E-state index contributed by atoms with van der Waals surface area (Å²) in [5.74, 6) is -1.25. The number of ether oxygens (including phenoxy) is 1. The van der Waals surface area contributed by atoms with Gasteiger partial charge in [0.05, 0.1) is 23.2 Å². The van der Waals surface area contributed by atoms with E-state index in [1.54, 1.807) is 42.5 Å². The number of hydrogen-bond donors (Lipinski definition) is 0. The minimum Gasteiger partial charge on any atom is -0.497 e. The summed E-state index contributed by atoms with van der Waals surface area (Å²) in [5, 5.41) is 0. The highest BCUT2D eigenvalue weighted by molar-refractivity contribution is 7.90. The molecule has 1 aliphatic rings. The van der Waals surface area contributed by atoms with Crippen molar-refractivity contribution in [1.82, 2.24) is 4.57 Å². The number of rotatable bonds is 5. The van der Waals surface area contributed by atoms with Gasteiger partial charge < -0.3 is 14.1 Å². The van der Waals surface area contributed by atoms with Crippen LogP contribution in [0, 0.1) is 5.82 Å². The average Bonchev–Trinajstić information content (AvgIpc) is 3.18. The second-order valence-electron chi connectivity index (χ2n) is 8.65. The molecule has 0 radical (unpaired) electrons. The quantitative estimate of drug-likeness (QED) is 0.400. The number of carbonyl (C=O) groups excluding carboxylic acids is 1. The third-order valence-corrected chi connectivity index (χ3v) is 7.53. The van der Waals surface area contributed by atoms with Crippen LogP contribution in [0.4, 0.5) is 10.1 Å². The second kappa shape index (κ2) is 8.94. The van der Waals surface area contributed by atoms with Gasteiger partial charge in [0, 0.05) is 24.4 Å². The van der Waals surface area contributed by atoms with E-state index in [1.165, 1.54) is 34.8 Å². The van der Waals surface area contributed by atoms with Gasteiger partial charge in [-0.1, -0.05) is 24.3 Å². The number of oxazole rings is 1. The van der Waals surface area contributed by atoms with Crippen LogP contribution in [0.3, 0.4) is 0 Å². The molecule has 1 atom stereocenters. The Kier molecular flexibility index (Phi) is 5.91. The molecule has 0 bridgehead atoms. The van der Waals surface area contributed by atoms with Gasteiger partial charge in [-0.2, -0.15) is 0 Å². The molecule has 1 aromatic heterocycles. The first kappa shape index (κ1) is 23.8. The summed E-state index contributed by atoms with van der Waals surface area (Å²) in [5.41, 5.74) is 1.57. The highest BCUT2D eigenvalue weighted by atomic mass is 32.2. The van der Waals surface area contributed by atoms with Crippen LogP contribution in [-0.4, -0.2) is 38.8 Å². The molecular formula is C26H23FN2O6S. The Morgan fingerprint density at radius 2 is 1.83 bits per heavy atom. The molecule has 3 aromatic carbocycles. The Bertz CT molecular complexity index is 1660. The van der Waals surface area contributed by atoms with Crippen molar-refractivity contribution in [3.8, 4) is 16.9 Å². The predicted molar refractivity (Wildman–Crippen MR) is 133 cm³/mol. The number of nitrogens with zero attached hydrogens (tertiary/aromatic N) is 2. The van der Waals surface area contributed by atoms with Crippen LogP contribution < -0.4 is 15.4 Å². The number of methoxy groups -OCH3 is 1. The van der Waals surface area contributed by atoms with Gasteiger partial charge in [0.15, 0.2) is 15.4 Å². The van der Waals surface area contributed by atoms with Crippen LogP contribution >= 0.6 is 0 Å². The molecule has 1 fully saturated rings. The summed E-state index contributed by atoms with van der Waals surface area (Å²) in [6.45, 7) is 0.282. The summed E-state index contributed by atoms with van der Waals surface area (Å²) < 4.78 is 51.6. The number of carbonyl (C=O) groups is 1. The summed E-state index contributed by atoms with van der Waals surface area (Å²) >= 11 is 0. The lowest BCUT2D eigenvalue weighted by Gasteiger charge is -2.32. The normalized spacial score (nSPS) is 16.5. The summed E-state index contributed by atoms with van der Waals surface area (Å²) in [7, 11) is -2.03. The molecule has 8 nitrogen and oxygen atoms in total. The molecule has 1 amide bonds. The lowest BCUT2D eigenvalue weighted by Crippen LogP contribution is -2.44. The fourth-order valence-electron chi connectivity index (χ4n) is 4.70. The van der Waals surface area contributed by atoms with Gasteiger partial charge in [-0.05, 0) is 48.7 Å². The van der Waals surface area contributed by atoms with Gasteiger partial charge in [-0.3, -0.25) is 9.36 Å². The first-order valence-corrected chi connectivity index (χ1v) is 13.2. The minimum absolute atomic E-state index is 0.0628. The van der Waals surface area contributed by atoms with Crippen molar-refractivity contribution >= 4 is 32.5 Å². The Morgan fingerprint density at radius 3 is 2.56 bits per heavy atom. The number of anilines is 1. The molecule has 0 N–H and O–H groups in total. The Balaban J connectivity index is 1.51. The topological polar surface area (TPSA) is 98.8 Å². The predicted octanol–water partition coefficient (Wildman–Crippen LogP) is 4.18. The van der Waals surface area contributed by atoms with Crippen LogP contribution in [0.2, 0.25) is 0 Å². The molecule has 5 rings (SSSR count). The van der Waals surface area contributed by atoms with E-state index in [0.29, 0.717) is 40.8 Å². The fraction of sp³-hybridized carbons (Fsp3) is 0.231. The Morgan fingerprint density at radius 1 is 1.06 bits per heavy atom. The zero-order valence-corrected chi connectivity index (χ0v) is 20.4. The number of fused-ring (bicyclic) bond motifs is 1. The molecule has 2 heterocycles. The number of benzene rings is 3. The number of amides is 1. The number of sulfone groups is 1. The molecule has 4 aromatic rings. The maximum atomic E-state index is 15.4. The zero-order valence-electron chi connectivity index (χ0n) is 19.6. The van der Waals surface area contributed by atoms with Gasteiger partial charge in [0.1, 0.15) is 17.6 Å². The van der Waals surface area contributed by atoms with E-state index in [4.69, 9.17) is 9.15 Å². The van der Waals surface area contributed by atoms with Gasteiger partial charge in [0.25, 0.3) is 0 Å². The van der Waals surface area contributed by atoms with Crippen molar-refractivity contribution in [2.45, 2.75) is 23.8 Å². The second-order valence-corrected chi connectivity index (χ2v) is 10.6. The van der Waals surface area contributed by atoms with Crippen molar-refractivity contribution in [1.29, 1.82) is 0 Å².